The van der Waals surface area contributed by atoms with Gasteiger partial charge < -0.3 is 10.5 Å². The van der Waals surface area contributed by atoms with E-state index >= 15 is 0 Å². The van der Waals surface area contributed by atoms with Gasteiger partial charge in [0.15, 0.2) is 0 Å². The molecule has 3 heteroatoms. The van der Waals surface area contributed by atoms with Crippen LogP contribution in [0.4, 0.5) is 0 Å². The van der Waals surface area contributed by atoms with Crippen LogP contribution in [0.3, 0.4) is 0 Å². The smallest absolute Gasteiger partial charge is 0.0513 e. The summed E-state index contributed by atoms with van der Waals surface area (Å²) in [6.45, 7) is 9.74. The highest BCUT2D eigenvalue weighted by Crippen LogP contribution is 2.33. The molecule has 2 N–H and O–H groups in total. The lowest BCUT2D eigenvalue weighted by Gasteiger charge is -2.44. The fraction of sp³-hybridized carbons (Fsp3) is 1.00. The van der Waals surface area contributed by atoms with Gasteiger partial charge >= 0.3 is 0 Å². The van der Waals surface area contributed by atoms with Crippen LogP contribution in [0.25, 0.3) is 0 Å². The van der Waals surface area contributed by atoms with E-state index in [9.17, 15) is 0 Å². The summed E-state index contributed by atoms with van der Waals surface area (Å²) in [6, 6.07) is 0. The quantitative estimate of drug-likeness (QED) is 0.818. The van der Waals surface area contributed by atoms with Gasteiger partial charge in [-0.15, -0.1) is 0 Å². The molecule has 2 saturated heterocycles. The Morgan fingerprint density at radius 3 is 2.76 bits per heavy atom. The Kier molecular flexibility index (Phi) is 4.45. The summed E-state index contributed by atoms with van der Waals surface area (Å²) in [5.74, 6) is 1.50. The second-order valence-corrected chi connectivity index (χ2v) is 6.14. The number of rotatable bonds is 3. The molecule has 17 heavy (non-hydrogen) atoms. The van der Waals surface area contributed by atoms with E-state index in [0.29, 0.717) is 5.92 Å². The first-order valence-electron chi connectivity index (χ1n) is 7.19. The van der Waals surface area contributed by atoms with E-state index in [1.807, 2.05) is 0 Å². The molecule has 3 unspecified atom stereocenters. The zero-order valence-corrected chi connectivity index (χ0v) is 11.5. The highest BCUT2D eigenvalue weighted by Gasteiger charge is 2.40. The Labute approximate surface area is 106 Å². The lowest BCUT2D eigenvalue weighted by Crippen LogP contribution is -2.57. The Balaban J connectivity index is 2.04. The summed E-state index contributed by atoms with van der Waals surface area (Å²) in [6.07, 6.45) is 5.20. The van der Waals surface area contributed by atoms with Gasteiger partial charge in [0, 0.05) is 24.6 Å². The first kappa shape index (κ1) is 13.3. The van der Waals surface area contributed by atoms with Crippen molar-refractivity contribution in [1.82, 2.24) is 4.90 Å². The van der Waals surface area contributed by atoms with Gasteiger partial charge in [-0.3, -0.25) is 4.90 Å². The van der Waals surface area contributed by atoms with Gasteiger partial charge in [-0.25, -0.2) is 0 Å². The summed E-state index contributed by atoms with van der Waals surface area (Å²) in [5, 5.41) is 0. The van der Waals surface area contributed by atoms with Crippen molar-refractivity contribution in [1.29, 1.82) is 0 Å². The molecule has 0 aromatic carbocycles. The van der Waals surface area contributed by atoms with Crippen molar-refractivity contribution >= 4 is 0 Å². The Morgan fingerprint density at radius 2 is 2.12 bits per heavy atom. The molecule has 2 aliphatic rings. The molecule has 0 saturated carbocycles. The van der Waals surface area contributed by atoms with E-state index in [2.05, 4.69) is 18.7 Å². The molecule has 0 aromatic heterocycles. The molecule has 2 fully saturated rings. The minimum Gasteiger partial charge on any atom is -0.381 e. The van der Waals surface area contributed by atoms with Crippen LogP contribution in [-0.2, 0) is 4.74 Å². The minimum atomic E-state index is 0.153. The van der Waals surface area contributed by atoms with Crippen LogP contribution in [0.15, 0.2) is 0 Å². The number of likely N-dealkylation sites (tertiary alicyclic amines) is 1. The topological polar surface area (TPSA) is 38.5 Å². The van der Waals surface area contributed by atoms with Crippen LogP contribution in [-0.4, -0.2) is 43.3 Å². The fourth-order valence-corrected chi connectivity index (χ4v) is 3.35. The van der Waals surface area contributed by atoms with Crippen molar-refractivity contribution in [2.75, 3.05) is 32.8 Å². The van der Waals surface area contributed by atoms with Gasteiger partial charge in [0.25, 0.3) is 0 Å². The molecule has 0 spiro atoms. The van der Waals surface area contributed by atoms with Crippen molar-refractivity contribution in [2.24, 2.45) is 17.6 Å². The van der Waals surface area contributed by atoms with E-state index in [0.717, 1.165) is 25.7 Å². The molecule has 2 heterocycles. The third kappa shape index (κ3) is 2.83. The average Bonchev–Trinajstić information content (AvgIpc) is 2.78. The maximum Gasteiger partial charge on any atom is 0.0513 e. The van der Waals surface area contributed by atoms with E-state index < -0.39 is 0 Å². The monoisotopic (exact) mass is 240 g/mol. The molecule has 2 rings (SSSR count). The van der Waals surface area contributed by atoms with Crippen LogP contribution in [0.1, 0.15) is 39.5 Å². The summed E-state index contributed by atoms with van der Waals surface area (Å²) in [7, 11) is 0. The predicted molar refractivity (Wildman–Crippen MR) is 71.0 cm³/mol. The van der Waals surface area contributed by atoms with Crippen molar-refractivity contribution in [3.05, 3.63) is 0 Å². The molecular formula is C14H28N2O. The highest BCUT2D eigenvalue weighted by atomic mass is 16.5. The molecule has 0 aliphatic carbocycles. The number of nitrogens with zero attached hydrogens (tertiary/aromatic N) is 1. The normalized spacial score (nSPS) is 35.5. The number of hydrogen-bond acceptors (Lipinski definition) is 3. The standard InChI is InChI=1S/C14H28N2O/c1-12-4-3-7-16(8-5-12)14(2,11-15)13-6-9-17-10-13/h12-13H,3-11,15H2,1-2H3. The Hall–Kier alpha value is -0.120. The SMILES string of the molecule is CC1CCCN(C(C)(CN)C2CCOC2)CC1. The Bertz CT molecular complexity index is 240. The summed E-state index contributed by atoms with van der Waals surface area (Å²) in [5.41, 5.74) is 6.26. The van der Waals surface area contributed by atoms with E-state index in [-0.39, 0.29) is 5.54 Å². The third-order valence-corrected chi connectivity index (χ3v) is 4.96. The van der Waals surface area contributed by atoms with Crippen LogP contribution >= 0.6 is 0 Å². The maximum atomic E-state index is 6.11. The minimum absolute atomic E-state index is 0.153. The van der Waals surface area contributed by atoms with Crippen LogP contribution in [0, 0.1) is 11.8 Å². The predicted octanol–water partition coefficient (Wildman–Crippen LogP) is 1.86. The zero-order chi connectivity index (χ0) is 12.3. The van der Waals surface area contributed by atoms with E-state index in [4.69, 9.17) is 10.5 Å². The number of hydrogen-bond donors (Lipinski definition) is 1. The fourth-order valence-electron chi connectivity index (χ4n) is 3.35. The van der Waals surface area contributed by atoms with Crippen molar-refractivity contribution in [3.8, 4) is 0 Å². The van der Waals surface area contributed by atoms with Gasteiger partial charge in [-0.2, -0.15) is 0 Å². The van der Waals surface area contributed by atoms with Gasteiger partial charge in [0.05, 0.1) is 6.61 Å². The summed E-state index contributed by atoms with van der Waals surface area (Å²) >= 11 is 0. The Morgan fingerprint density at radius 1 is 1.29 bits per heavy atom. The molecule has 100 valence electrons. The van der Waals surface area contributed by atoms with Gasteiger partial charge in [-0.05, 0) is 51.6 Å². The first-order chi connectivity index (χ1) is 8.16. The molecule has 2 aliphatic heterocycles. The van der Waals surface area contributed by atoms with Crippen molar-refractivity contribution < 1.29 is 4.74 Å². The molecule has 0 aromatic rings. The second kappa shape index (κ2) is 5.68. The highest BCUT2D eigenvalue weighted by molar-refractivity contribution is 4.96. The zero-order valence-electron chi connectivity index (χ0n) is 11.5. The molecule has 3 atom stereocenters. The number of nitrogens with two attached hydrogens (primary N) is 1. The average molecular weight is 240 g/mol. The second-order valence-electron chi connectivity index (χ2n) is 6.14. The van der Waals surface area contributed by atoms with Crippen LogP contribution in [0.2, 0.25) is 0 Å². The lowest BCUT2D eigenvalue weighted by atomic mass is 9.83. The number of ether oxygens (including phenoxy) is 1. The van der Waals surface area contributed by atoms with Crippen LogP contribution in [0.5, 0.6) is 0 Å². The van der Waals surface area contributed by atoms with Crippen molar-refractivity contribution in [2.45, 2.75) is 45.1 Å². The molecule has 0 bridgehead atoms. The van der Waals surface area contributed by atoms with E-state index in [1.165, 1.54) is 38.8 Å². The van der Waals surface area contributed by atoms with Gasteiger partial charge in [0.1, 0.15) is 0 Å². The third-order valence-electron chi connectivity index (χ3n) is 4.96. The van der Waals surface area contributed by atoms with Crippen LogP contribution < -0.4 is 5.73 Å². The summed E-state index contributed by atoms with van der Waals surface area (Å²) < 4.78 is 5.57. The van der Waals surface area contributed by atoms with Gasteiger partial charge in [-0.1, -0.05) is 6.92 Å². The first-order valence-corrected chi connectivity index (χ1v) is 7.19. The van der Waals surface area contributed by atoms with Gasteiger partial charge in [0.2, 0.25) is 0 Å². The molecule has 0 amide bonds. The van der Waals surface area contributed by atoms with Crippen molar-refractivity contribution in [3.63, 3.8) is 0 Å². The maximum absolute atomic E-state index is 6.11. The largest absolute Gasteiger partial charge is 0.381 e. The summed E-state index contributed by atoms with van der Waals surface area (Å²) in [4.78, 5) is 2.65. The van der Waals surface area contributed by atoms with E-state index in [1.54, 1.807) is 0 Å². The molecule has 0 radical (unpaired) electrons. The molecular weight excluding hydrogens is 212 g/mol. The molecule has 3 nitrogen and oxygen atoms in total. The lowest BCUT2D eigenvalue weighted by molar-refractivity contribution is 0.0472.